The molecular weight excluding hydrogens is 528 g/mol. The van der Waals surface area contributed by atoms with E-state index in [1.165, 1.54) is 5.01 Å². The van der Waals surface area contributed by atoms with Crippen LogP contribution in [0.1, 0.15) is 23.6 Å². The van der Waals surface area contributed by atoms with E-state index < -0.39 is 0 Å². The number of benzene rings is 4. The fourth-order valence-corrected chi connectivity index (χ4v) is 4.27. The Bertz CT molecular complexity index is 1450. The molecule has 1 heterocycles. The monoisotopic (exact) mass is 552 g/mol. The maximum atomic E-state index is 13.5. The van der Waals surface area contributed by atoms with Crippen LogP contribution in [0.25, 0.3) is 6.08 Å². The number of carbonyl (C=O) groups excluding carboxylic acids is 1. The molecule has 0 saturated heterocycles. The van der Waals surface area contributed by atoms with Crippen LogP contribution < -0.4 is 14.5 Å². The molecule has 1 aliphatic rings. The van der Waals surface area contributed by atoms with E-state index in [4.69, 9.17) is 14.6 Å². The number of amides is 1. The van der Waals surface area contributed by atoms with Crippen LogP contribution in [-0.2, 0) is 11.4 Å². The molecule has 0 unspecified atom stereocenters. The second-order valence-corrected chi connectivity index (χ2v) is 9.30. The van der Waals surface area contributed by atoms with Gasteiger partial charge in [0.05, 0.1) is 17.9 Å². The minimum absolute atomic E-state index is 0.182. The molecule has 0 spiro atoms. The molecule has 5 rings (SSSR count). The van der Waals surface area contributed by atoms with Crippen LogP contribution in [-0.4, -0.2) is 18.2 Å². The maximum absolute atomic E-state index is 13.5. The first kappa shape index (κ1) is 24.5. The summed E-state index contributed by atoms with van der Waals surface area (Å²) in [6.07, 6.45) is 1.86. The van der Waals surface area contributed by atoms with Gasteiger partial charge in [-0.1, -0.05) is 82.7 Å². The normalized spacial score (nSPS) is 14.1. The largest absolute Gasteiger partial charge is 0.490 e. The summed E-state index contributed by atoms with van der Waals surface area (Å²) >= 11 is 3.46. The Labute approximate surface area is 224 Å². The SMILES string of the molecule is CCOc1cc(/C=C2\C(=O)N(c3ccccc3)N=C2c2ccccc2)ccc1OCc1ccc(Br)cc1. The van der Waals surface area contributed by atoms with Gasteiger partial charge in [0, 0.05) is 10.0 Å². The number of ether oxygens (including phenoxy) is 2. The molecule has 5 nitrogen and oxygen atoms in total. The van der Waals surface area contributed by atoms with E-state index in [2.05, 4.69) is 15.9 Å². The third-order valence-electron chi connectivity index (χ3n) is 5.81. The zero-order valence-electron chi connectivity index (χ0n) is 20.3. The Morgan fingerprint density at radius 3 is 2.24 bits per heavy atom. The first-order valence-corrected chi connectivity index (χ1v) is 12.8. The van der Waals surface area contributed by atoms with Gasteiger partial charge in [0.2, 0.25) is 0 Å². The van der Waals surface area contributed by atoms with Crippen molar-refractivity contribution in [2.45, 2.75) is 13.5 Å². The first-order valence-electron chi connectivity index (χ1n) is 12.0. The van der Waals surface area contributed by atoms with Gasteiger partial charge in [-0.05, 0) is 60.5 Å². The molecule has 6 heteroatoms. The second kappa shape index (κ2) is 11.3. The van der Waals surface area contributed by atoms with E-state index in [0.717, 1.165) is 26.9 Å². The molecule has 0 aliphatic carbocycles. The number of hydrogen-bond donors (Lipinski definition) is 0. The summed E-state index contributed by atoms with van der Waals surface area (Å²) in [6.45, 7) is 2.84. The van der Waals surface area contributed by atoms with Crippen molar-refractivity contribution in [3.8, 4) is 11.5 Å². The number of hydrazone groups is 1. The molecule has 0 bridgehead atoms. The molecule has 0 atom stereocenters. The van der Waals surface area contributed by atoms with Crippen molar-refractivity contribution in [1.29, 1.82) is 0 Å². The summed E-state index contributed by atoms with van der Waals surface area (Å²) in [5.74, 6) is 1.09. The quantitative estimate of drug-likeness (QED) is 0.216. The molecule has 1 amide bonds. The third-order valence-corrected chi connectivity index (χ3v) is 6.34. The summed E-state index contributed by atoms with van der Waals surface area (Å²) in [6, 6.07) is 32.9. The number of halogens is 1. The predicted octanol–water partition coefficient (Wildman–Crippen LogP) is 7.26. The number of para-hydroxylation sites is 1. The smallest absolute Gasteiger partial charge is 0.281 e. The molecule has 0 N–H and O–H groups in total. The zero-order valence-corrected chi connectivity index (χ0v) is 21.9. The molecule has 37 heavy (non-hydrogen) atoms. The Balaban J connectivity index is 1.47. The van der Waals surface area contributed by atoms with Gasteiger partial charge >= 0.3 is 0 Å². The van der Waals surface area contributed by atoms with Gasteiger partial charge in [0.25, 0.3) is 5.91 Å². The van der Waals surface area contributed by atoms with Crippen LogP contribution in [0.2, 0.25) is 0 Å². The molecule has 0 radical (unpaired) electrons. The number of rotatable bonds is 8. The van der Waals surface area contributed by atoms with Crippen molar-refractivity contribution in [3.05, 3.63) is 130 Å². The Hall–Kier alpha value is -4.16. The van der Waals surface area contributed by atoms with Gasteiger partial charge in [0.15, 0.2) is 11.5 Å². The van der Waals surface area contributed by atoms with Crippen LogP contribution in [0.15, 0.2) is 118 Å². The van der Waals surface area contributed by atoms with Crippen molar-refractivity contribution in [2.75, 3.05) is 11.6 Å². The summed E-state index contributed by atoms with van der Waals surface area (Å²) in [5, 5.41) is 6.16. The third kappa shape index (κ3) is 5.65. The van der Waals surface area contributed by atoms with Gasteiger partial charge in [-0.3, -0.25) is 4.79 Å². The highest BCUT2D eigenvalue weighted by Crippen LogP contribution is 2.32. The lowest BCUT2D eigenvalue weighted by Gasteiger charge is -2.13. The van der Waals surface area contributed by atoms with Crippen LogP contribution in [0.5, 0.6) is 11.5 Å². The van der Waals surface area contributed by atoms with Crippen molar-refractivity contribution in [2.24, 2.45) is 5.10 Å². The van der Waals surface area contributed by atoms with Gasteiger partial charge in [0.1, 0.15) is 12.3 Å². The van der Waals surface area contributed by atoms with E-state index in [9.17, 15) is 4.79 Å². The van der Waals surface area contributed by atoms with Gasteiger partial charge in [-0.15, -0.1) is 0 Å². The maximum Gasteiger partial charge on any atom is 0.281 e. The fraction of sp³-hybridized carbons (Fsp3) is 0.0968. The van der Waals surface area contributed by atoms with E-state index >= 15 is 0 Å². The molecular formula is C31H25BrN2O3. The minimum atomic E-state index is -0.182. The van der Waals surface area contributed by atoms with Gasteiger partial charge in [-0.2, -0.15) is 10.1 Å². The standard InChI is InChI=1S/C31H25BrN2O3/c1-2-36-29-20-23(15-18-28(29)37-21-22-13-16-25(32)17-14-22)19-27-30(24-9-5-3-6-10-24)33-34(31(27)35)26-11-7-4-8-12-26/h3-20H,2,21H2,1H3/b27-19-. The molecule has 0 aromatic heterocycles. The highest BCUT2D eigenvalue weighted by atomic mass is 79.9. The molecule has 0 saturated carbocycles. The minimum Gasteiger partial charge on any atom is -0.490 e. The summed E-state index contributed by atoms with van der Waals surface area (Å²) in [7, 11) is 0. The predicted molar refractivity (Wildman–Crippen MR) is 151 cm³/mol. The van der Waals surface area contributed by atoms with Gasteiger partial charge < -0.3 is 9.47 Å². The van der Waals surface area contributed by atoms with Crippen molar-refractivity contribution in [3.63, 3.8) is 0 Å². The lowest BCUT2D eigenvalue weighted by Crippen LogP contribution is -2.21. The van der Waals surface area contributed by atoms with E-state index in [1.807, 2.05) is 116 Å². The Morgan fingerprint density at radius 2 is 1.54 bits per heavy atom. The van der Waals surface area contributed by atoms with E-state index in [-0.39, 0.29) is 5.91 Å². The molecule has 4 aromatic carbocycles. The molecule has 0 fully saturated rings. The highest BCUT2D eigenvalue weighted by molar-refractivity contribution is 9.10. The van der Waals surface area contributed by atoms with E-state index in [1.54, 1.807) is 0 Å². The van der Waals surface area contributed by atoms with Crippen molar-refractivity contribution in [1.82, 2.24) is 0 Å². The average Bonchev–Trinajstić information content (AvgIpc) is 3.26. The Morgan fingerprint density at radius 1 is 0.838 bits per heavy atom. The highest BCUT2D eigenvalue weighted by Gasteiger charge is 2.32. The number of nitrogens with zero attached hydrogens (tertiary/aromatic N) is 2. The van der Waals surface area contributed by atoms with Crippen LogP contribution in [0, 0.1) is 0 Å². The lowest BCUT2D eigenvalue weighted by atomic mass is 10.00. The van der Waals surface area contributed by atoms with E-state index in [0.29, 0.717) is 36.0 Å². The molecule has 184 valence electrons. The molecule has 1 aliphatic heterocycles. The number of carbonyl (C=O) groups is 1. The first-order chi connectivity index (χ1) is 18.1. The second-order valence-electron chi connectivity index (χ2n) is 8.38. The van der Waals surface area contributed by atoms with Crippen LogP contribution in [0.3, 0.4) is 0 Å². The molecule has 4 aromatic rings. The topological polar surface area (TPSA) is 51.1 Å². The zero-order chi connectivity index (χ0) is 25.6. The van der Waals surface area contributed by atoms with Crippen LogP contribution >= 0.6 is 15.9 Å². The Kier molecular flexibility index (Phi) is 7.47. The van der Waals surface area contributed by atoms with Crippen LogP contribution in [0.4, 0.5) is 5.69 Å². The fourth-order valence-electron chi connectivity index (χ4n) is 4.01. The van der Waals surface area contributed by atoms with Gasteiger partial charge in [-0.25, -0.2) is 0 Å². The lowest BCUT2D eigenvalue weighted by molar-refractivity contribution is -0.114. The number of anilines is 1. The average molecular weight is 553 g/mol. The summed E-state index contributed by atoms with van der Waals surface area (Å²) in [4.78, 5) is 13.5. The summed E-state index contributed by atoms with van der Waals surface area (Å²) < 4.78 is 13.0. The number of hydrogen-bond acceptors (Lipinski definition) is 4. The van der Waals surface area contributed by atoms with Crippen molar-refractivity contribution < 1.29 is 14.3 Å². The van der Waals surface area contributed by atoms with Crippen molar-refractivity contribution >= 4 is 39.3 Å². The summed E-state index contributed by atoms with van der Waals surface area (Å²) in [5.41, 5.74) is 4.61.